The molecule has 2 rings (SSSR count). The van der Waals surface area contributed by atoms with E-state index in [0.717, 1.165) is 24.8 Å². The maximum absolute atomic E-state index is 10.8. The lowest BCUT2D eigenvalue weighted by Gasteiger charge is -2.37. The van der Waals surface area contributed by atoms with Crippen molar-refractivity contribution in [2.24, 2.45) is 5.41 Å². The van der Waals surface area contributed by atoms with Crippen molar-refractivity contribution in [3.63, 3.8) is 0 Å². The quantitative estimate of drug-likeness (QED) is 0.842. The molecular weight excluding hydrogens is 255 g/mol. The summed E-state index contributed by atoms with van der Waals surface area (Å²) in [5, 5.41) is 11.9. The summed E-state index contributed by atoms with van der Waals surface area (Å²) in [6.45, 7) is 4.27. The van der Waals surface area contributed by atoms with Crippen LogP contribution in [0.5, 0.6) is 0 Å². The van der Waals surface area contributed by atoms with Gasteiger partial charge in [0.1, 0.15) is 0 Å². The van der Waals surface area contributed by atoms with E-state index in [1.165, 1.54) is 0 Å². The molecule has 17 heavy (non-hydrogen) atoms. The van der Waals surface area contributed by atoms with Gasteiger partial charge in [-0.2, -0.15) is 0 Å². The molecule has 1 N–H and O–H groups in total. The summed E-state index contributed by atoms with van der Waals surface area (Å²) < 4.78 is 0. The molecule has 1 aromatic carbocycles. The Labute approximate surface area is 113 Å². The summed E-state index contributed by atoms with van der Waals surface area (Å²) >= 11 is 11.9. The van der Waals surface area contributed by atoms with Crippen LogP contribution in [0.4, 0.5) is 0 Å². The Balaban J connectivity index is 2.23. The average Bonchev–Trinajstić information content (AvgIpc) is 2.47. The predicted octanol–water partition coefficient (Wildman–Crippen LogP) is 4.48. The highest BCUT2D eigenvalue weighted by molar-refractivity contribution is 6.42. The predicted molar refractivity (Wildman–Crippen MR) is 72.7 cm³/mol. The van der Waals surface area contributed by atoms with Crippen LogP contribution in [0.3, 0.4) is 0 Å². The van der Waals surface area contributed by atoms with E-state index in [0.29, 0.717) is 16.5 Å². The van der Waals surface area contributed by atoms with E-state index in [2.05, 4.69) is 13.8 Å². The van der Waals surface area contributed by atoms with Crippen molar-refractivity contribution in [2.75, 3.05) is 0 Å². The first-order valence-electron chi connectivity index (χ1n) is 6.00. The highest BCUT2D eigenvalue weighted by atomic mass is 35.5. The number of benzene rings is 1. The minimum absolute atomic E-state index is 0.0287. The van der Waals surface area contributed by atoms with Gasteiger partial charge < -0.3 is 5.11 Å². The zero-order valence-corrected chi connectivity index (χ0v) is 11.8. The van der Waals surface area contributed by atoms with E-state index in [1.807, 2.05) is 12.1 Å². The van der Waals surface area contributed by atoms with Gasteiger partial charge in [0.15, 0.2) is 0 Å². The van der Waals surface area contributed by atoms with Gasteiger partial charge in [0.05, 0.1) is 15.6 Å². The van der Waals surface area contributed by atoms with E-state index in [4.69, 9.17) is 23.2 Å². The van der Waals surface area contributed by atoms with Crippen molar-refractivity contribution in [1.82, 2.24) is 0 Å². The molecule has 1 fully saturated rings. The Bertz CT molecular complexity index is 428. The van der Waals surface area contributed by atoms with Gasteiger partial charge in [0.25, 0.3) is 0 Å². The topological polar surface area (TPSA) is 20.2 Å². The molecule has 0 amide bonds. The minimum atomic E-state index is -0.621. The van der Waals surface area contributed by atoms with Crippen molar-refractivity contribution in [3.05, 3.63) is 33.8 Å². The Morgan fingerprint density at radius 1 is 1.18 bits per heavy atom. The molecule has 0 aromatic heterocycles. The van der Waals surface area contributed by atoms with Crippen LogP contribution >= 0.6 is 23.2 Å². The molecule has 1 atom stereocenters. The molecule has 1 saturated carbocycles. The van der Waals surface area contributed by atoms with Crippen molar-refractivity contribution in [2.45, 2.75) is 45.1 Å². The summed E-state index contributed by atoms with van der Waals surface area (Å²) in [6.07, 6.45) is 3.67. The smallest absolute Gasteiger partial charge is 0.0738 e. The van der Waals surface area contributed by atoms with Gasteiger partial charge in [0.2, 0.25) is 0 Å². The third-order valence-electron chi connectivity index (χ3n) is 4.13. The first-order chi connectivity index (χ1) is 7.84. The summed E-state index contributed by atoms with van der Waals surface area (Å²) in [4.78, 5) is 0. The molecule has 1 unspecified atom stereocenters. The van der Waals surface area contributed by atoms with Crippen molar-refractivity contribution < 1.29 is 5.11 Å². The van der Waals surface area contributed by atoms with Crippen LogP contribution in [0.2, 0.25) is 10.0 Å². The van der Waals surface area contributed by atoms with Crippen LogP contribution in [-0.2, 0) is 6.42 Å². The van der Waals surface area contributed by atoms with Crippen LogP contribution in [0.25, 0.3) is 0 Å². The zero-order valence-electron chi connectivity index (χ0n) is 10.3. The fraction of sp³-hybridized carbons (Fsp3) is 0.571. The van der Waals surface area contributed by atoms with E-state index in [9.17, 15) is 5.11 Å². The summed E-state index contributed by atoms with van der Waals surface area (Å²) in [5.74, 6) is 0. The maximum Gasteiger partial charge on any atom is 0.0738 e. The average molecular weight is 273 g/mol. The lowest BCUT2D eigenvalue weighted by atomic mass is 9.74. The molecule has 0 spiro atoms. The van der Waals surface area contributed by atoms with E-state index in [-0.39, 0.29) is 5.41 Å². The van der Waals surface area contributed by atoms with Crippen molar-refractivity contribution >= 4 is 23.2 Å². The number of aliphatic hydroxyl groups is 1. The normalized spacial score (nSPS) is 27.4. The molecule has 1 nitrogen and oxygen atoms in total. The molecule has 0 bridgehead atoms. The van der Waals surface area contributed by atoms with Crippen LogP contribution in [0, 0.1) is 5.41 Å². The molecule has 1 aliphatic rings. The largest absolute Gasteiger partial charge is 0.389 e. The van der Waals surface area contributed by atoms with Gasteiger partial charge in [-0.05, 0) is 42.4 Å². The molecule has 94 valence electrons. The lowest BCUT2D eigenvalue weighted by Crippen LogP contribution is -2.41. The molecule has 0 saturated heterocycles. The van der Waals surface area contributed by atoms with E-state index in [1.54, 1.807) is 6.07 Å². The third kappa shape index (κ3) is 2.47. The lowest BCUT2D eigenvalue weighted by molar-refractivity contribution is -0.0419. The Morgan fingerprint density at radius 3 is 2.41 bits per heavy atom. The second-order valence-corrected chi connectivity index (χ2v) is 6.51. The monoisotopic (exact) mass is 272 g/mol. The highest BCUT2D eigenvalue weighted by Gasteiger charge is 2.47. The Kier molecular flexibility index (Phi) is 3.46. The SMILES string of the molecule is CC1(C)CCCC1(O)Cc1ccc(Cl)c(Cl)c1. The number of hydrogen-bond donors (Lipinski definition) is 1. The second kappa shape index (κ2) is 4.46. The van der Waals surface area contributed by atoms with Gasteiger partial charge >= 0.3 is 0 Å². The van der Waals surface area contributed by atoms with Crippen LogP contribution in [0.15, 0.2) is 18.2 Å². The first kappa shape index (κ1) is 13.2. The van der Waals surface area contributed by atoms with Gasteiger partial charge in [-0.15, -0.1) is 0 Å². The molecule has 1 aliphatic carbocycles. The first-order valence-corrected chi connectivity index (χ1v) is 6.76. The molecule has 1 aromatic rings. The van der Waals surface area contributed by atoms with Crippen molar-refractivity contribution in [1.29, 1.82) is 0 Å². The van der Waals surface area contributed by atoms with Crippen molar-refractivity contribution in [3.8, 4) is 0 Å². The van der Waals surface area contributed by atoms with Crippen LogP contribution in [-0.4, -0.2) is 10.7 Å². The Morgan fingerprint density at radius 2 is 1.88 bits per heavy atom. The standard InChI is InChI=1S/C14H18Cl2O/c1-13(2)6-3-7-14(13,17)9-10-4-5-11(15)12(16)8-10/h4-5,8,17H,3,6-7,9H2,1-2H3. The van der Waals surface area contributed by atoms with Crippen LogP contribution < -0.4 is 0 Å². The van der Waals surface area contributed by atoms with Gasteiger partial charge in [-0.25, -0.2) is 0 Å². The Hall–Kier alpha value is -0.240. The fourth-order valence-electron chi connectivity index (χ4n) is 2.71. The van der Waals surface area contributed by atoms with Gasteiger partial charge in [-0.3, -0.25) is 0 Å². The van der Waals surface area contributed by atoms with Crippen LogP contribution in [0.1, 0.15) is 38.7 Å². The molecule has 0 radical (unpaired) electrons. The van der Waals surface area contributed by atoms with Gasteiger partial charge in [0, 0.05) is 6.42 Å². The zero-order chi connectivity index (χ0) is 12.7. The molecular formula is C14H18Cl2O. The fourth-order valence-corrected chi connectivity index (χ4v) is 3.03. The third-order valence-corrected chi connectivity index (χ3v) is 4.87. The highest BCUT2D eigenvalue weighted by Crippen LogP contribution is 2.47. The number of hydrogen-bond acceptors (Lipinski definition) is 1. The number of rotatable bonds is 2. The summed E-state index contributed by atoms with van der Waals surface area (Å²) in [7, 11) is 0. The van der Waals surface area contributed by atoms with E-state index >= 15 is 0 Å². The maximum atomic E-state index is 10.8. The van der Waals surface area contributed by atoms with E-state index < -0.39 is 5.60 Å². The van der Waals surface area contributed by atoms with Gasteiger partial charge in [-0.1, -0.05) is 43.1 Å². The molecule has 0 aliphatic heterocycles. The summed E-state index contributed by atoms with van der Waals surface area (Å²) in [5.41, 5.74) is 0.403. The minimum Gasteiger partial charge on any atom is -0.389 e. The summed E-state index contributed by atoms with van der Waals surface area (Å²) in [6, 6.07) is 5.60. The molecule has 0 heterocycles. The molecule has 3 heteroatoms. The second-order valence-electron chi connectivity index (χ2n) is 5.69. The number of halogens is 2.